The Hall–Kier alpha value is -1.32. The quantitative estimate of drug-likeness (QED) is 0.612. The molecule has 2 rings (SSSR count). The maximum atomic E-state index is 5.93. The maximum absolute atomic E-state index is 5.93. The van der Waals surface area contributed by atoms with E-state index in [4.69, 9.17) is 21.1 Å². The van der Waals surface area contributed by atoms with Gasteiger partial charge in [-0.2, -0.15) is 0 Å². The normalized spacial score (nSPS) is 11.8. The third-order valence-electron chi connectivity index (χ3n) is 2.84. The summed E-state index contributed by atoms with van der Waals surface area (Å²) in [5.41, 5.74) is 0.863. The fourth-order valence-corrected chi connectivity index (χ4v) is 2.15. The minimum Gasteiger partial charge on any atom is -0.475 e. The van der Waals surface area contributed by atoms with E-state index >= 15 is 0 Å². The number of hydrogen-bond acceptors (Lipinski definition) is 3. The zero-order chi connectivity index (χ0) is 14.6. The highest BCUT2D eigenvalue weighted by atomic mass is 35.5. The molecule has 0 amide bonds. The van der Waals surface area contributed by atoms with Crippen LogP contribution < -0.4 is 4.74 Å². The van der Waals surface area contributed by atoms with E-state index in [9.17, 15) is 0 Å². The molecular weight excluding hydrogens is 274 g/mol. The van der Waals surface area contributed by atoms with E-state index in [1.54, 1.807) is 6.20 Å². The molecule has 0 atom stereocenters. The Labute approximate surface area is 124 Å². The molecule has 1 aromatic heterocycles. The Morgan fingerprint density at radius 3 is 2.45 bits per heavy atom. The van der Waals surface area contributed by atoms with E-state index in [1.165, 1.54) is 0 Å². The van der Waals surface area contributed by atoms with Gasteiger partial charge in [0.15, 0.2) is 0 Å². The van der Waals surface area contributed by atoms with Crippen molar-refractivity contribution in [1.82, 2.24) is 4.98 Å². The first-order valence-electron chi connectivity index (χ1n) is 6.70. The minimum absolute atomic E-state index is 0.151. The highest BCUT2D eigenvalue weighted by molar-refractivity contribution is 6.18. The molecule has 108 valence electrons. The molecule has 0 spiro atoms. The molecule has 1 heterocycles. The number of fused-ring (bicyclic) bond motifs is 1. The van der Waals surface area contributed by atoms with E-state index in [0.717, 1.165) is 16.3 Å². The van der Waals surface area contributed by atoms with Crippen LogP contribution in [-0.4, -0.2) is 23.8 Å². The van der Waals surface area contributed by atoms with Gasteiger partial charge in [-0.25, -0.2) is 4.98 Å². The Kier molecular flexibility index (Phi) is 4.84. The second kappa shape index (κ2) is 6.42. The topological polar surface area (TPSA) is 31.4 Å². The molecular formula is C16H20ClNO2. The van der Waals surface area contributed by atoms with Crippen molar-refractivity contribution in [3.05, 3.63) is 36.0 Å². The average Bonchev–Trinajstić information content (AvgIpc) is 2.42. The minimum atomic E-state index is -0.151. The molecule has 4 heteroatoms. The van der Waals surface area contributed by atoms with Gasteiger partial charge in [0.25, 0.3) is 0 Å². The second-order valence-electron chi connectivity index (χ2n) is 5.58. The Balaban J connectivity index is 2.11. The Bertz CT molecular complexity index is 578. The van der Waals surface area contributed by atoms with Crippen LogP contribution in [0.1, 0.15) is 26.3 Å². The van der Waals surface area contributed by atoms with Crippen LogP contribution >= 0.6 is 11.6 Å². The molecule has 0 aliphatic heterocycles. The van der Waals surface area contributed by atoms with E-state index in [-0.39, 0.29) is 5.60 Å². The lowest BCUT2D eigenvalue weighted by Crippen LogP contribution is -2.22. The predicted octanol–water partition coefficient (Wildman–Crippen LogP) is 4.17. The van der Waals surface area contributed by atoms with Crippen LogP contribution in [0.4, 0.5) is 0 Å². The van der Waals surface area contributed by atoms with Gasteiger partial charge in [0, 0.05) is 17.5 Å². The van der Waals surface area contributed by atoms with E-state index < -0.39 is 0 Å². The predicted molar refractivity (Wildman–Crippen MR) is 82.5 cm³/mol. The number of alkyl halides is 1. The van der Waals surface area contributed by atoms with E-state index in [1.807, 2.05) is 45.0 Å². The molecule has 20 heavy (non-hydrogen) atoms. The van der Waals surface area contributed by atoms with Gasteiger partial charge in [-0.3, -0.25) is 0 Å². The third kappa shape index (κ3) is 3.84. The standard InChI is InChI=1S/C16H20ClNO2/c1-16(2,3)20-9-8-19-15-14-7-5-4-6-13(14)12(10-17)11-18-15/h4-7,11H,8-10H2,1-3H3. The monoisotopic (exact) mass is 293 g/mol. The molecule has 0 saturated carbocycles. The summed E-state index contributed by atoms with van der Waals surface area (Å²) in [5.74, 6) is 1.08. The fourth-order valence-electron chi connectivity index (χ4n) is 1.93. The van der Waals surface area contributed by atoms with Crippen LogP contribution in [0.5, 0.6) is 5.88 Å². The number of halogens is 1. The molecule has 0 aliphatic carbocycles. The van der Waals surface area contributed by atoms with Crippen molar-refractivity contribution in [2.75, 3.05) is 13.2 Å². The lowest BCUT2D eigenvalue weighted by Gasteiger charge is -2.19. The lowest BCUT2D eigenvalue weighted by atomic mass is 10.1. The second-order valence-corrected chi connectivity index (χ2v) is 5.84. The van der Waals surface area contributed by atoms with Crippen LogP contribution in [0.25, 0.3) is 10.8 Å². The summed E-state index contributed by atoms with van der Waals surface area (Å²) in [4.78, 5) is 4.35. The van der Waals surface area contributed by atoms with Gasteiger partial charge >= 0.3 is 0 Å². The smallest absolute Gasteiger partial charge is 0.221 e. The van der Waals surface area contributed by atoms with E-state index in [0.29, 0.717) is 25.0 Å². The van der Waals surface area contributed by atoms with Crippen molar-refractivity contribution >= 4 is 22.4 Å². The summed E-state index contributed by atoms with van der Waals surface area (Å²) in [5, 5.41) is 2.07. The van der Waals surface area contributed by atoms with Crippen molar-refractivity contribution in [1.29, 1.82) is 0 Å². The first-order valence-corrected chi connectivity index (χ1v) is 7.24. The molecule has 0 N–H and O–H groups in total. The molecule has 0 aliphatic rings. The number of ether oxygens (including phenoxy) is 2. The molecule has 0 fully saturated rings. The van der Waals surface area contributed by atoms with Gasteiger partial charge < -0.3 is 9.47 Å². The average molecular weight is 294 g/mol. The molecule has 0 unspecified atom stereocenters. The van der Waals surface area contributed by atoms with Gasteiger partial charge in [-0.15, -0.1) is 11.6 Å². The molecule has 0 radical (unpaired) electrons. The van der Waals surface area contributed by atoms with Crippen LogP contribution in [0.15, 0.2) is 30.5 Å². The summed E-state index contributed by atoms with van der Waals surface area (Å²) < 4.78 is 11.4. The molecule has 1 aromatic carbocycles. The third-order valence-corrected chi connectivity index (χ3v) is 3.13. The van der Waals surface area contributed by atoms with Crippen LogP contribution in [-0.2, 0) is 10.6 Å². The summed E-state index contributed by atoms with van der Waals surface area (Å²) in [7, 11) is 0. The number of nitrogens with zero attached hydrogens (tertiary/aromatic N) is 1. The van der Waals surface area contributed by atoms with Crippen molar-refractivity contribution in [2.45, 2.75) is 32.3 Å². The Morgan fingerprint density at radius 2 is 1.80 bits per heavy atom. The molecule has 2 aromatic rings. The van der Waals surface area contributed by atoms with Crippen LogP contribution in [0.3, 0.4) is 0 Å². The Morgan fingerprint density at radius 1 is 1.10 bits per heavy atom. The molecule has 0 bridgehead atoms. The number of hydrogen-bond donors (Lipinski definition) is 0. The van der Waals surface area contributed by atoms with Crippen molar-refractivity contribution < 1.29 is 9.47 Å². The molecule has 0 saturated heterocycles. The summed E-state index contributed by atoms with van der Waals surface area (Å²) in [6.45, 7) is 7.09. The van der Waals surface area contributed by atoms with E-state index in [2.05, 4.69) is 4.98 Å². The van der Waals surface area contributed by atoms with Crippen molar-refractivity contribution in [3.63, 3.8) is 0 Å². The summed E-state index contributed by atoms with van der Waals surface area (Å²) in [6, 6.07) is 8.00. The summed E-state index contributed by atoms with van der Waals surface area (Å²) >= 11 is 5.93. The summed E-state index contributed by atoms with van der Waals surface area (Å²) in [6.07, 6.45) is 1.77. The first-order chi connectivity index (χ1) is 9.51. The highest BCUT2D eigenvalue weighted by Gasteiger charge is 2.11. The lowest BCUT2D eigenvalue weighted by molar-refractivity contribution is -0.0166. The van der Waals surface area contributed by atoms with Crippen molar-refractivity contribution in [3.8, 4) is 5.88 Å². The van der Waals surface area contributed by atoms with Gasteiger partial charge in [0.05, 0.1) is 12.2 Å². The van der Waals surface area contributed by atoms with Gasteiger partial charge in [-0.1, -0.05) is 18.2 Å². The zero-order valence-corrected chi connectivity index (χ0v) is 12.9. The number of pyridine rings is 1. The zero-order valence-electron chi connectivity index (χ0n) is 12.1. The van der Waals surface area contributed by atoms with Crippen LogP contribution in [0.2, 0.25) is 0 Å². The van der Waals surface area contributed by atoms with Gasteiger partial charge in [0.2, 0.25) is 5.88 Å². The maximum Gasteiger partial charge on any atom is 0.221 e. The highest BCUT2D eigenvalue weighted by Crippen LogP contribution is 2.26. The van der Waals surface area contributed by atoms with Gasteiger partial charge in [-0.05, 0) is 37.8 Å². The van der Waals surface area contributed by atoms with Crippen molar-refractivity contribution in [2.24, 2.45) is 0 Å². The fraction of sp³-hybridized carbons (Fsp3) is 0.438. The SMILES string of the molecule is CC(C)(C)OCCOc1ncc(CCl)c2ccccc12. The molecule has 3 nitrogen and oxygen atoms in total. The largest absolute Gasteiger partial charge is 0.475 e. The first kappa shape index (κ1) is 15.1. The van der Waals surface area contributed by atoms with Crippen LogP contribution in [0, 0.1) is 0 Å². The number of aromatic nitrogens is 1. The number of rotatable bonds is 5. The van der Waals surface area contributed by atoms with Gasteiger partial charge in [0.1, 0.15) is 6.61 Å². The number of benzene rings is 1.